The van der Waals surface area contributed by atoms with Crippen molar-refractivity contribution in [3.8, 4) is 11.3 Å². The lowest BCUT2D eigenvalue weighted by molar-refractivity contribution is 0.628. The van der Waals surface area contributed by atoms with Gasteiger partial charge in [0.05, 0.1) is 5.69 Å². The zero-order valence-electron chi connectivity index (χ0n) is 8.66. The highest BCUT2D eigenvalue weighted by atomic mass is 19.1. The minimum absolute atomic E-state index is 0.258. The van der Waals surface area contributed by atoms with Crippen molar-refractivity contribution >= 4 is 5.82 Å². The van der Waals surface area contributed by atoms with Gasteiger partial charge in [0, 0.05) is 18.2 Å². The molecule has 0 aliphatic rings. The third-order valence-corrected chi connectivity index (χ3v) is 2.42. The van der Waals surface area contributed by atoms with Crippen molar-refractivity contribution in [2.24, 2.45) is 7.05 Å². The van der Waals surface area contributed by atoms with E-state index in [1.165, 1.54) is 12.1 Å². The van der Waals surface area contributed by atoms with Gasteiger partial charge in [-0.25, -0.2) is 4.39 Å². The first kappa shape index (κ1) is 9.71. The maximum atomic E-state index is 13.1. The second-order valence-corrected chi connectivity index (χ2v) is 3.49. The summed E-state index contributed by atoms with van der Waals surface area (Å²) in [7, 11) is 1.80. The molecule has 4 heteroatoms. The molecule has 15 heavy (non-hydrogen) atoms. The number of nitrogens with zero attached hydrogens (tertiary/aromatic N) is 2. The van der Waals surface area contributed by atoms with E-state index >= 15 is 0 Å². The summed E-state index contributed by atoms with van der Waals surface area (Å²) >= 11 is 0. The summed E-state index contributed by atoms with van der Waals surface area (Å²) in [5, 5.41) is 4.09. The monoisotopic (exact) mass is 205 g/mol. The standard InChI is InChI=1S/C11H12FN3/c1-7-10(15(2)14-11(7)13)8-4-3-5-9(12)6-8/h3-6H,1-2H3,(H2,13,14). The highest BCUT2D eigenvalue weighted by Crippen LogP contribution is 2.26. The van der Waals surface area contributed by atoms with Gasteiger partial charge in [0.25, 0.3) is 0 Å². The second kappa shape index (κ2) is 3.38. The molecule has 3 nitrogen and oxygen atoms in total. The Morgan fingerprint density at radius 2 is 2.13 bits per heavy atom. The molecule has 0 unspecified atom stereocenters. The number of halogens is 1. The van der Waals surface area contributed by atoms with Crippen LogP contribution in [0.25, 0.3) is 11.3 Å². The normalized spacial score (nSPS) is 10.6. The fourth-order valence-electron chi connectivity index (χ4n) is 1.69. The van der Waals surface area contributed by atoms with Gasteiger partial charge in [-0.15, -0.1) is 0 Å². The molecular formula is C11H12FN3. The van der Waals surface area contributed by atoms with Gasteiger partial charge in [0.15, 0.2) is 0 Å². The number of aryl methyl sites for hydroxylation is 1. The molecule has 0 amide bonds. The van der Waals surface area contributed by atoms with Crippen LogP contribution in [0, 0.1) is 12.7 Å². The molecule has 2 N–H and O–H groups in total. The molecule has 2 rings (SSSR count). The van der Waals surface area contributed by atoms with Crippen LogP contribution in [0.2, 0.25) is 0 Å². The average molecular weight is 205 g/mol. The number of hydrogen-bond acceptors (Lipinski definition) is 2. The number of nitrogen functional groups attached to an aromatic ring is 1. The predicted molar refractivity (Wildman–Crippen MR) is 57.8 cm³/mol. The first-order valence-corrected chi connectivity index (χ1v) is 4.64. The summed E-state index contributed by atoms with van der Waals surface area (Å²) in [6.07, 6.45) is 0. The summed E-state index contributed by atoms with van der Waals surface area (Å²) < 4.78 is 14.7. The number of rotatable bonds is 1. The molecule has 0 aliphatic carbocycles. The van der Waals surface area contributed by atoms with E-state index in [-0.39, 0.29) is 5.82 Å². The molecule has 2 aromatic rings. The van der Waals surface area contributed by atoms with Crippen LogP contribution >= 0.6 is 0 Å². The van der Waals surface area contributed by atoms with Gasteiger partial charge < -0.3 is 5.73 Å². The minimum Gasteiger partial charge on any atom is -0.382 e. The first-order valence-electron chi connectivity index (χ1n) is 4.64. The smallest absolute Gasteiger partial charge is 0.148 e. The highest BCUT2D eigenvalue weighted by Gasteiger charge is 2.11. The highest BCUT2D eigenvalue weighted by molar-refractivity contribution is 5.68. The third kappa shape index (κ3) is 1.58. The van der Waals surface area contributed by atoms with Crippen molar-refractivity contribution in [1.29, 1.82) is 0 Å². The molecule has 0 radical (unpaired) electrons. The maximum Gasteiger partial charge on any atom is 0.148 e. The molecule has 0 saturated heterocycles. The molecule has 1 aromatic heterocycles. The number of aromatic nitrogens is 2. The number of anilines is 1. The van der Waals surface area contributed by atoms with E-state index in [9.17, 15) is 4.39 Å². The summed E-state index contributed by atoms with van der Waals surface area (Å²) in [5.41, 5.74) is 8.21. The van der Waals surface area contributed by atoms with E-state index in [2.05, 4.69) is 5.10 Å². The van der Waals surface area contributed by atoms with Crippen molar-refractivity contribution in [3.63, 3.8) is 0 Å². The molecule has 78 valence electrons. The second-order valence-electron chi connectivity index (χ2n) is 3.49. The van der Waals surface area contributed by atoms with E-state index in [4.69, 9.17) is 5.73 Å². The molecule has 0 saturated carbocycles. The van der Waals surface area contributed by atoms with Crippen LogP contribution in [-0.2, 0) is 7.05 Å². The summed E-state index contributed by atoms with van der Waals surface area (Å²) in [6.45, 7) is 1.88. The lowest BCUT2D eigenvalue weighted by Gasteiger charge is -2.03. The van der Waals surface area contributed by atoms with Crippen LogP contribution in [0.3, 0.4) is 0 Å². The van der Waals surface area contributed by atoms with Gasteiger partial charge in [-0.05, 0) is 19.1 Å². The maximum absolute atomic E-state index is 13.1. The Balaban J connectivity index is 2.63. The Bertz CT molecular complexity index is 503. The fourth-order valence-corrected chi connectivity index (χ4v) is 1.69. The molecule has 0 fully saturated rings. The Kier molecular flexibility index (Phi) is 2.19. The van der Waals surface area contributed by atoms with Crippen molar-refractivity contribution in [1.82, 2.24) is 9.78 Å². The lowest BCUT2D eigenvalue weighted by Crippen LogP contribution is -1.95. The Morgan fingerprint density at radius 1 is 1.40 bits per heavy atom. The molecule has 0 spiro atoms. The van der Waals surface area contributed by atoms with Gasteiger partial charge in [-0.1, -0.05) is 12.1 Å². The third-order valence-electron chi connectivity index (χ3n) is 2.42. The lowest BCUT2D eigenvalue weighted by atomic mass is 10.1. The van der Waals surface area contributed by atoms with E-state index in [0.717, 1.165) is 16.8 Å². The van der Waals surface area contributed by atoms with Crippen molar-refractivity contribution in [3.05, 3.63) is 35.6 Å². The van der Waals surface area contributed by atoms with Crippen molar-refractivity contribution in [2.45, 2.75) is 6.92 Å². The Labute approximate surface area is 87.3 Å². The fraction of sp³-hybridized carbons (Fsp3) is 0.182. The predicted octanol–water partition coefficient (Wildman–Crippen LogP) is 2.12. The molecule has 1 heterocycles. The first-order chi connectivity index (χ1) is 7.09. The Hall–Kier alpha value is -1.84. The molecule has 1 aromatic carbocycles. The zero-order chi connectivity index (χ0) is 11.0. The van der Waals surface area contributed by atoms with Gasteiger partial charge >= 0.3 is 0 Å². The quantitative estimate of drug-likeness (QED) is 0.774. The largest absolute Gasteiger partial charge is 0.382 e. The SMILES string of the molecule is Cc1c(N)nn(C)c1-c1cccc(F)c1. The summed E-state index contributed by atoms with van der Waals surface area (Å²) in [4.78, 5) is 0. The Morgan fingerprint density at radius 3 is 2.67 bits per heavy atom. The van der Waals surface area contributed by atoms with Crippen molar-refractivity contribution < 1.29 is 4.39 Å². The van der Waals surface area contributed by atoms with Crippen LogP contribution in [0.15, 0.2) is 24.3 Å². The van der Waals surface area contributed by atoms with E-state index in [1.54, 1.807) is 17.8 Å². The van der Waals surface area contributed by atoms with Crippen LogP contribution in [0.5, 0.6) is 0 Å². The number of benzene rings is 1. The van der Waals surface area contributed by atoms with Gasteiger partial charge in [0.1, 0.15) is 11.6 Å². The van der Waals surface area contributed by atoms with Crippen LogP contribution in [-0.4, -0.2) is 9.78 Å². The van der Waals surface area contributed by atoms with Gasteiger partial charge in [0.2, 0.25) is 0 Å². The van der Waals surface area contributed by atoms with Gasteiger partial charge in [-0.3, -0.25) is 4.68 Å². The number of nitrogens with two attached hydrogens (primary N) is 1. The van der Waals surface area contributed by atoms with Crippen LogP contribution in [0.4, 0.5) is 10.2 Å². The zero-order valence-corrected chi connectivity index (χ0v) is 8.66. The van der Waals surface area contributed by atoms with E-state index < -0.39 is 0 Å². The van der Waals surface area contributed by atoms with Gasteiger partial charge in [-0.2, -0.15) is 5.10 Å². The topological polar surface area (TPSA) is 43.8 Å². The minimum atomic E-state index is -0.258. The summed E-state index contributed by atoms with van der Waals surface area (Å²) in [5.74, 6) is 0.225. The average Bonchev–Trinajstić information content (AvgIpc) is 2.41. The molecule has 0 aliphatic heterocycles. The van der Waals surface area contributed by atoms with E-state index in [0.29, 0.717) is 5.82 Å². The van der Waals surface area contributed by atoms with Crippen LogP contribution < -0.4 is 5.73 Å². The molecule has 0 atom stereocenters. The van der Waals surface area contributed by atoms with Crippen LogP contribution in [0.1, 0.15) is 5.56 Å². The molecular weight excluding hydrogens is 193 g/mol. The molecule has 0 bridgehead atoms. The van der Waals surface area contributed by atoms with Crippen molar-refractivity contribution in [2.75, 3.05) is 5.73 Å². The summed E-state index contributed by atoms with van der Waals surface area (Å²) in [6, 6.07) is 6.40. The number of hydrogen-bond donors (Lipinski definition) is 1. The van der Waals surface area contributed by atoms with E-state index in [1.807, 2.05) is 13.0 Å².